The van der Waals surface area contributed by atoms with E-state index in [-0.39, 0.29) is 37.8 Å². The average Bonchev–Trinajstić information content (AvgIpc) is 3.57. The molecule has 281 valence electrons. The number of fused-ring (bicyclic) bond motifs is 4. The van der Waals surface area contributed by atoms with Gasteiger partial charge in [0, 0.05) is 42.7 Å². The fraction of sp³-hybridized carbons (Fsp3) is 0.224. The second-order valence-electron chi connectivity index (χ2n) is 15.3. The Morgan fingerprint density at radius 2 is 1.51 bits per heavy atom. The molecule has 0 unspecified atom stereocenters. The van der Waals surface area contributed by atoms with Crippen LogP contribution in [0.15, 0.2) is 122 Å². The van der Waals surface area contributed by atoms with E-state index in [2.05, 4.69) is 67.1 Å². The molecule has 0 aliphatic carbocycles. The molecule has 0 N–H and O–H groups in total. The number of benzene rings is 5. The van der Waals surface area contributed by atoms with Gasteiger partial charge in [0.05, 0.1) is 8.07 Å². The molecule has 5 aromatic carbocycles. The summed E-state index contributed by atoms with van der Waals surface area (Å²) in [6, 6.07) is 41.3. The van der Waals surface area contributed by atoms with Gasteiger partial charge >= 0.3 is 0 Å². The monoisotopic (exact) mass is 939 g/mol. The summed E-state index contributed by atoms with van der Waals surface area (Å²) >= 11 is 1.68. The van der Waals surface area contributed by atoms with Crippen LogP contribution >= 0.6 is 11.3 Å². The molecule has 8 aromatic rings. The van der Waals surface area contributed by atoms with E-state index in [1.165, 1.54) is 6.07 Å². The summed E-state index contributed by atoms with van der Waals surface area (Å²) < 4.78 is 50.1. The molecule has 3 heterocycles. The first-order valence-corrected chi connectivity index (χ1v) is 22.8. The third-order valence-corrected chi connectivity index (χ3v) is 12.3. The molecule has 0 aliphatic heterocycles. The normalized spacial score (nSPS) is 13.2. The van der Waals surface area contributed by atoms with E-state index in [1.54, 1.807) is 35.7 Å². The predicted molar refractivity (Wildman–Crippen MR) is 233 cm³/mol. The summed E-state index contributed by atoms with van der Waals surface area (Å²) in [5.41, 5.74) is 6.54. The SMILES string of the molecule is [2H]C([2H])(c1cc(-c2[c-]ccc3ccccc23)ncc1[Si](C)(C)C)C(C)C.[2H]C([2H])(c1ccnc(-c2[c-]cc3sc4cc(-c5cccc(F)c5)ccc4c3c2)c1)C(C)C.[Ir]. The van der Waals surface area contributed by atoms with Gasteiger partial charge in [-0.05, 0) is 86.6 Å². The van der Waals surface area contributed by atoms with E-state index in [9.17, 15) is 4.39 Å². The van der Waals surface area contributed by atoms with Crippen molar-refractivity contribution in [3.8, 4) is 33.6 Å². The molecule has 0 bridgehead atoms. The van der Waals surface area contributed by atoms with E-state index in [4.69, 9.17) is 10.5 Å². The van der Waals surface area contributed by atoms with Crippen molar-refractivity contribution in [3.05, 3.63) is 151 Å². The van der Waals surface area contributed by atoms with Crippen molar-refractivity contribution in [2.24, 2.45) is 11.8 Å². The van der Waals surface area contributed by atoms with E-state index >= 15 is 0 Å². The summed E-state index contributed by atoms with van der Waals surface area (Å²) in [5, 5.41) is 5.59. The number of thiophene rings is 1. The van der Waals surface area contributed by atoms with Gasteiger partial charge in [-0.15, -0.1) is 52.9 Å². The first-order chi connectivity index (χ1) is 27.4. The van der Waals surface area contributed by atoms with Crippen LogP contribution < -0.4 is 5.19 Å². The van der Waals surface area contributed by atoms with E-state index in [0.29, 0.717) is 11.3 Å². The molecule has 0 aliphatic rings. The fourth-order valence-corrected chi connectivity index (χ4v) is 9.22. The first-order valence-electron chi connectivity index (χ1n) is 20.5. The number of nitrogens with zero attached hydrogens (tertiary/aromatic N) is 2. The Balaban J connectivity index is 0.000000199. The van der Waals surface area contributed by atoms with Gasteiger partial charge in [-0.1, -0.05) is 130 Å². The molecule has 0 saturated heterocycles. The Morgan fingerprint density at radius 1 is 0.727 bits per heavy atom. The van der Waals surface area contributed by atoms with Crippen molar-refractivity contribution in [1.82, 2.24) is 9.97 Å². The van der Waals surface area contributed by atoms with Gasteiger partial charge in [0.2, 0.25) is 0 Å². The Kier molecular flexibility index (Phi) is 11.0. The number of rotatable bonds is 8. The van der Waals surface area contributed by atoms with Crippen LogP contribution in [0, 0.1) is 29.8 Å². The van der Waals surface area contributed by atoms with Crippen molar-refractivity contribution in [2.75, 3.05) is 0 Å². The minimum atomic E-state index is -1.72. The van der Waals surface area contributed by atoms with Crippen LogP contribution in [0.25, 0.3) is 64.6 Å². The second-order valence-corrected chi connectivity index (χ2v) is 21.4. The van der Waals surface area contributed by atoms with Crippen LogP contribution in [0.4, 0.5) is 4.39 Å². The molecule has 6 heteroatoms. The van der Waals surface area contributed by atoms with Gasteiger partial charge in [-0.3, -0.25) is 0 Å². The molecule has 55 heavy (non-hydrogen) atoms. The topological polar surface area (TPSA) is 25.8 Å². The third-order valence-electron chi connectivity index (χ3n) is 9.19. The standard InChI is InChI=1S/C27H21FNS.C22H26NSi.Ir/c1-17(2)12-18-10-11-29-25(13-18)21-7-9-26-24(15-21)23-8-6-20(16-27(23)30-26)19-4-3-5-22(28)14-19;1-16(2)13-18-14-21(23-15-22(18)24(3,4)5)20-12-8-10-17-9-6-7-11-19(17)20;/h3-6,8-11,13-17H,12H2,1-2H3;6-11,14-16H,13H2,1-5H3;/q2*-1;/i12D2;13D2;. The van der Waals surface area contributed by atoms with Gasteiger partial charge in [-0.2, -0.15) is 11.3 Å². The maximum Gasteiger partial charge on any atom is 0.123 e. The maximum absolute atomic E-state index is 13.7. The zero-order valence-corrected chi connectivity index (χ0v) is 36.4. The molecule has 0 atom stereocenters. The van der Waals surface area contributed by atoms with Gasteiger partial charge in [-0.25, -0.2) is 4.39 Å². The summed E-state index contributed by atoms with van der Waals surface area (Å²) in [6.07, 6.45) is 0.759. The molecule has 0 spiro atoms. The Morgan fingerprint density at radius 3 is 2.27 bits per heavy atom. The van der Waals surface area contributed by atoms with Crippen molar-refractivity contribution >= 4 is 55.5 Å². The number of hydrogen-bond acceptors (Lipinski definition) is 3. The molecule has 0 amide bonds. The van der Waals surface area contributed by atoms with Gasteiger partial charge in [0.25, 0.3) is 0 Å². The van der Waals surface area contributed by atoms with Gasteiger partial charge < -0.3 is 9.97 Å². The van der Waals surface area contributed by atoms with Crippen LogP contribution in [-0.4, -0.2) is 18.0 Å². The third kappa shape index (κ3) is 9.39. The molecule has 1 radical (unpaired) electrons. The Hall–Kier alpha value is -4.32. The summed E-state index contributed by atoms with van der Waals surface area (Å²) in [6.45, 7) is 14.4. The molecule has 0 saturated carbocycles. The smallest absolute Gasteiger partial charge is 0.123 e. The molecular weight excluding hydrogens is 888 g/mol. The zero-order chi connectivity index (χ0) is 41.6. The molecule has 0 fully saturated rings. The average molecular weight is 939 g/mol. The summed E-state index contributed by atoms with van der Waals surface area (Å²) in [4.78, 5) is 9.22. The van der Waals surface area contributed by atoms with E-state index < -0.39 is 20.8 Å². The number of hydrogen-bond donors (Lipinski definition) is 0. The van der Waals surface area contributed by atoms with Crippen LogP contribution in [0.1, 0.15) is 44.3 Å². The number of halogens is 1. The Labute approximate surface area is 349 Å². The van der Waals surface area contributed by atoms with Crippen LogP contribution in [0.3, 0.4) is 0 Å². The summed E-state index contributed by atoms with van der Waals surface area (Å²) in [5.74, 6) is -0.489. The first kappa shape index (κ1) is 35.1. The minimum absolute atomic E-state index is 0. The van der Waals surface area contributed by atoms with Crippen molar-refractivity contribution in [2.45, 2.75) is 60.1 Å². The second kappa shape index (κ2) is 17.2. The largest absolute Gasteiger partial charge is 0.305 e. The fourth-order valence-electron chi connectivity index (χ4n) is 6.71. The molecule has 8 rings (SSSR count). The quantitative estimate of drug-likeness (QED) is 0.112. The maximum atomic E-state index is 13.7. The van der Waals surface area contributed by atoms with Crippen LogP contribution in [0.5, 0.6) is 0 Å². The van der Waals surface area contributed by atoms with Gasteiger partial charge in [0.15, 0.2) is 0 Å². The molecule has 3 aromatic heterocycles. The van der Waals surface area contributed by atoms with Crippen molar-refractivity contribution < 1.29 is 30.0 Å². The summed E-state index contributed by atoms with van der Waals surface area (Å²) in [7, 11) is -1.72. The van der Waals surface area contributed by atoms with Crippen LogP contribution in [0.2, 0.25) is 19.6 Å². The van der Waals surface area contributed by atoms with E-state index in [1.807, 2.05) is 88.5 Å². The minimum Gasteiger partial charge on any atom is -0.305 e. The van der Waals surface area contributed by atoms with Crippen molar-refractivity contribution in [3.63, 3.8) is 0 Å². The number of aromatic nitrogens is 2. The zero-order valence-electron chi connectivity index (χ0n) is 36.2. The number of pyridine rings is 2. The van der Waals surface area contributed by atoms with Crippen LogP contribution in [-0.2, 0) is 32.9 Å². The molecule has 2 nitrogen and oxygen atoms in total. The Bertz CT molecular complexity index is 2770. The predicted octanol–water partition coefficient (Wildman–Crippen LogP) is 13.4. The van der Waals surface area contributed by atoms with Gasteiger partial charge in [0.1, 0.15) is 5.82 Å². The van der Waals surface area contributed by atoms with Crippen molar-refractivity contribution in [1.29, 1.82) is 0 Å². The van der Waals surface area contributed by atoms with E-state index in [0.717, 1.165) is 69.6 Å². The molecular formula is C49H47FIrN2SSi-2.